The highest BCUT2D eigenvalue weighted by Gasteiger charge is 2.43. The van der Waals surface area contributed by atoms with Crippen LogP contribution in [0.15, 0.2) is 29.3 Å². The Bertz CT molecular complexity index is 477. The molecule has 1 aromatic carbocycles. The number of aliphatic imine (C=N–C) groups is 1. The number of ether oxygens (including phenoxy) is 2. The first-order valence-electron chi connectivity index (χ1n) is 6.54. The van der Waals surface area contributed by atoms with Crippen molar-refractivity contribution in [3.63, 3.8) is 0 Å². The van der Waals surface area contributed by atoms with E-state index in [1.165, 1.54) is 6.21 Å². The molecular weight excluding hydrogens is 278 g/mol. The molecule has 1 fully saturated rings. The lowest BCUT2D eigenvalue weighted by Gasteiger charge is -2.38. The van der Waals surface area contributed by atoms with Gasteiger partial charge in [0.2, 0.25) is 0 Å². The van der Waals surface area contributed by atoms with E-state index in [9.17, 15) is 15.3 Å². The second kappa shape index (κ2) is 6.97. The molecule has 0 amide bonds. The van der Waals surface area contributed by atoms with Crippen LogP contribution >= 0.6 is 0 Å². The number of rotatable bonds is 4. The van der Waals surface area contributed by atoms with E-state index < -0.39 is 37.3 Å². The van der Waals surface area contributed by atoms with E-state index in [1.807, 2.05) is 0 Å². The SMILES string of the molecule is COc1ccc(C=N[C@H]2[C@H](O)[C@@H](O)[C@@H](CO)O[C@H]2O)cc1. The third-order valence-corrected chi connectivity index (χ3v) is 3.38. The third-order valence-electron chi connectivity index (χ3n) is 3.38. The van der Waals surface area contributed by atoms with Crippen molar-refractivity contribution in [2.45, 2.75) is 30.6 Å². The molecule has 1 aliphatic heterocycles. The second-order valence-electron chi connectivity index (χ2n) is 4.77. The zero-order chi connectivity index (χ0) is 15.4. The van der Waals surface area contributed by atoms with Gasteiger partial charge >= 0.3 is 0 Å². The number of nitrogens with zero attached hydrogens (tertiary/aromatic N) is 1. The second-order valence-corrected chi connectivity index (χ2v) is 4.77. The van der Waals surface area contributed by atoms with Crippen LogP contribution in [0.2, 0.25) is 0 Å². The maximum Gasteiger partial charge on any atom is 0.180 e. The van der Waals surface area contributed by atoms with Crippen molar-refractivity contribution in [2.24, 2.45) is 4.99 Å². The van der Waals surface area contributed by atoms with Gasteiger partial charge in [-0.3, -0.25) is 4.99 Å². The molecule has 21 heavy (non-hydrogen) atoms. The summed E-state index contributed by atoms with van der Waals surface area (Å²) in [6.45, 7) is -0.496. The minimum atomic E-state index is -1.39. The van der Waals surface area contributed by atoms with Gasteiger partial charge in [0.1, 0.15) is 30.1 Å². The fourth-order valence-corrected chi connectivity index (χ4v) is 2.11. The van der Waals surface area contributed by atoms with E-state index in [2.05, 4.69) is 4.99 Å². The Morgan fingerprint density at radius 2 is 1.86 bits per heavy atom. The number of benzene rings is 1. The molecule has 0 bridgehead atoms. The Morgan fingerprint density at radius 3 is 2.43 bits per heavy atom. The number of aliphatic hydroxyl groups excluding tert-OH is 4. The Morgan fingerprint density at radius 1 is 1.19 bits per heavy atom. The Labute approximate surface area is 122 Å². The van der Waals surface area contributed by atoms with Crippen molar-refractivity contribution in [3.8, 4) is 5.75 Å². The van der Waals surface area contributed by atoms with Crippen molar-refractivity contribution in [2.75, 3.05) is 13.7 Å². The van der Waals surface area contributed by atoms with E-state index in [0.717, 1.165) is 5.56 Å². The van der Waals surface area contributed by atoms with Crippen LogP contribution in [-0.4, -0.2) is 71.0 Å². The number of hydrogen-bond acceptors (Lipinski definition) is 7. The number of hydrogen-bond donors (Lipinski definition) is 4. The van der Waals surface area contributed by atoms with Crippen LogP contribution in [0.3, 0.4) is 0 Å². The highest BCUT2D eigenvalue weighted by molar-refractivity contribution is 5.79. The lowest BCUT2D eigenvalue weighted by Crippen LogP contribution is -2.57. The summed E-state index contributed by atoms with van der Waals surface area (Å²) in [5, 5.41) is 38.5. The molecule has 7 nitrogen and oxygen atoms in total. The van der Waals surface area contributed by atoms with Gasteiger partial charge in [-0.25, -0.2) is 0 Å². The van der Waals surface area contributed by atoms with Gasteiger partial charge in [0, 0.05) is 6.21 Å². The molecule has 1 aliphatic rings. The van der Waals surface area contributed by atoms with Gasteiger partial charge in [-0.1, -0.05) is 0 Å². The highest BCUT2D eigenvalue weighted by Crippen LogP contribution is 2.22. The minimum Gasteiger partial charge on any atom is -0.497 e. The maximum absolute atomic E-state index is 9.93. The quantitative estimate of drug-likeness (QED) is 0.526. The monoisotopic (exact) mass is 297 g/mol. The van der Waals surface area contributed by atoms with Crippen molar-refractivity contribution in [3.05, 3.63) is 29.8 Å². The zero-order valence-corrected chi connectivity index (χ0v) is 11.5. The Balaban J connectivity index is 2.08. The number of aliphatic hydroxyl groups is 4. The van der Waals surface area contributed by atoms with E-state index >= 15 is 0 Å². The van der Waals surface area contributed by atoms with Crippen LogP contribution in [0.5, 0.6) is 5.75 Å². The summed E-state index contributed by atoms with van der Waals surface area (Å²) in [5.41, 5.74) is 0.744. The van der Waals surface area contributed by atoms with Gasteiger partial charge in [-0.05, 0) is 29.8 Å². The molecule has 5 atom stereocenters. The molecule has 1 saturated heterocycles. The summed E-state index contributed by atoms with van der Waals surface area (Å²) >= 11 is 0. The summed E-state index contributed by atoms with van der Waals surface area (Å²) in [6, 6.07) is 6.00. The lowest BCUT2D eigenvalue weighted by molar-refractivity contribution is -0.248. The van der Waals surface area contributed by atoms with E-state index in [0.29, 0.717) is 5.75 Å². The molecule has 0 saturated carbocycles. The molecule has 2 rings (SSSR count). The molecule has 0 aromatic heterocycles. The molecule has 4 N–H and O–H groups in total. The topological polar surface area (TPSA) is 112 Å². The maximum atomic E-state index is 9.93. The molecule has 0 unspecified atom stereocenters. The van der Waals surface area contributed by atoms with Crippen LogP contribution in [0.25, 0.3) is 0 Å². The van der Waals surface area contributed by atoms with E-state index in [1.54, 1.807) is 31.4 Å². The fourth-order valence-electron chi connectivity index (χ4n) is 2.11. The van der Waals surface area contributed by atoms with Gasteiger partial charge in [-0.15, -0.1) is 0 Å². The first kappa shape index (κ1) is 15.9. The average Bonchev–Trinajstić information content (AvgIpc) is 2.51. The summed E-state index contributed by atoms with van der Waals surface area (Å²) in [6.07, 6.45) is -3.58. The van der Waals surface area contributed by atoms with Gasteiger partial charge in [-0.2, -0.15) is 0 Å². The average molecular weight is 297 g/mol. The Kier molecular flexibility index (Phi) is 5.27. The van der Waals surface area contributed by atoms with Gasteiger partial charge in [0.15, 0.2) is 6.29 Å². The van der Waals surface area contributed by atoms with Crippen molar-refractivity contribution < 1.29 is 29.9 Å². The molecule has 0 spiro atoms. The van der Waals surface area contributed by atoms with Crippen LogP contribution in [0.1, 0.15) is 5.56 Å². The van der Waals surface area contributed by atoms with Gasteiger partial charge in [0.25, 0.3) is 0 Å². The van der Waals surface area contributed by atoms with Crippen LogP contribution in [0.4, 0.5) is 0 Å². The minimum absolute atomic E-state index is 0.496. The summed E-state index contributed by atoms with van der Waals surface area (Å²) < 4.78 is 10.1. The molecule has 116 valence electrons. The van der Waals surface area contributed by atoms with Gasteiger partial charge < -0.3 is 29.9 Å². The smallest absolute Gasteiger partial charge is 0.180 e. The predicted molar refractivity (Wildman–Crippen MR) is 74.4 cm³/mol. The summed E-state index contributed by atoms with van der Waals surface area (Å²) in [5.74, 6) is 0.703. The number of methoxy groups -OCH3 is 1. The Hall–Kier alpha value is -1.51. The molecule has 1 heterocycles. The normalized spacial score (nSPS) is 33.3. The van der Waals surface area contributed by atoms with E-state index in [-0.39, 0.29) is 0 Å². The lowest BCUT2D eigenvalue weighted by atomic mass is 9.97. The van der Waals surface area contributed by atoms with E-state index in [4.69, 9.17) is 14.6 Å². The first-order chi connectivity index (χ1) is 10.1. The van der Waals surface area contributed by atoms with Crippen LogP contribution < -0.4 is 4.74 Å². The van der Waals surface area contributed by atoms with Crippen LogP contribution in [-0.2, 0) is 4.74 Å². The predicted octanol–water partition coefficient (Wildman–Crippen LogP) is -1.09. The summed E-state index contributed by atoms with van der Waals surface area (Å²) in [7, 11) is 1.56. The largest absolute Gasteiger partial charge is 0.497 e. The molecule has 1 aromatic rings. The molecular formula is C14H19NO6. The third kappa shape index (κ3) is 3.58. The van der Waals surface area contributed by atoms with Crippen molar-refractivity contribution in [1.82, 2.24) is 0 Å². The standard InChI is InChI=1S/C14H19NO6/c1-20-9-4-2-8(3-5-9)6-15-11-13(18)12(17)10(7-16)21-14(11)19/h2-6,10-14,16-19H,7H2,1H3/t10-,11+,12+,13+,14-/m1/s1. The molecule has 7 heteroatoms. The molecule has 0 aliphatic carbocycles. The van der Waals surface area contributed by atoms with Crippen molar-refractivity contribution in [1.29, 1.82) is 0 Å². The fraction of sp³-hybridized carbons (Fsp3) is 0.500. The summed E-state index contributed by atoms with van der Waals surface area (Å²) in [4.78, 5) is 4.06. The zero-order valence-electron chi connectivity index (χ0n) is 11.5. The highest BCUT2D eigenvalue weighted by atomic mass is 16.6. The van der Waals surface area contributed by atoms with Crippen LogP contribution in [0, 0.1) is 0 Å². The first-order valence-corrected chi connectivity index (χ1v) is 6.54. The molecule has 0 radical (unpaired) electrons. The van der Waals surface area contributed by atoms with Crippen molar-refractivity contribution >= 4 is 6.21 Å². The van der Waals surface area contributed by atoms with Gasteiger partial charge in [0.05, 0.1) is 13.7 Å².